The summed E-state index contributed by atoms with van der Waals surface area (Å²) in [4.78, 5) is 15.9. The molecule has 1 aromatic heterocycles. The van der Waals surface area contributed by atoms with Gasteiger partial charge in [0.25, 0.3) is 0 Å². The Hall–Kier alpha value is -2.20. The maximum absolute atomic E-state index is 11.4. The summed E-state index contributed by atoms with van der Waals surface area (Å²) < 4.78 is 1.08. The molecule has 3 nitrogen and oxygen atoms in total. The number of carbonyl (C=O) groups is 1. The van der Waals surface area contributed by atoms with Gasteiger partial charge in [0.15, 0.2) is 5.78 Å². The fourth-order valence-electron chi connectivity index (χ4n) is 1.90. The Morgan fingerprint density at radius 3 is 2.58 bits per heavy atom. The van der Waals surface area contributed by atoms with Crippen LogP contribution >= 0.6 is 11.3 Å². The van der Waals surface area contributed by atoms with E-state index in [0.29, 0.717) is 5.56 Å². The van der Waals surface area contributed by atoms with Crippen LogP contribution < -0.4 is 5.73 Å². The zero-order valence-electron chi connectivity index (χ0n) is 10.4. The van der Waals surface area contributed by atoms with Gasteiger partial charge in [-0.05, 0) is 49.4 Å². The Balaban J connectivity index is 2.11. The van der Waals surface area contributed by atoms with Crippen LogP contribution in [-0.2, 0) is 0 Å². The van der Waals surface area contributed by atoms with E-state index in [1.54, 1.807) is 18.3 Å². The van der Waals surface area contributed by atoms with Crippen molar-refractivity contribution in [3.8, 4) is 10.6 Å². The zero-order chi connectivity index (χ0) is 13.4. The number of ketones is 1. The number of thiazole rings is 1. The number of rotatable bonds is 2. The van der Waals surface area contributed by atoms with Gasteiger partial charge in [-0.2, -0.15) is 0 Å². The predicted molar refractivity (Wildman–Crippen MR) is 79.5 cm³/mol. The third-order valence-corrected chi connectivity index (χ3v) is 4.04. The van der Waals surface area contributed by atoms with Crippen LogP contribution in [0.2, 0.25) is 0 Å². The van der Waals surface area contributed by atoms with Gasteiger partial charge < -0.3 is 5.73 Å². The van der Waals surface area contributed by atoms with Crippen molar-refractivity contribution in [2.45, 2.75) is 6.92 Å². The molecule has 0 saturated carbocycles. The lowest BCUT2D eigenvalue weighted by Crippen LogP contribution is -1.90. The Labute approximate surface area is 114 Å². The second kappa shape index (κ2) is 4.48. The molecule has 19 heavy (non-hydrogen) atoms. The van der Waals surface area contributed by atoms with Crippen LogP contribution in [0.25, 0.3) is 20.8 Å². The standard InChI is InChI=1S/C15H12N2OS/c1-9(18)11-4-7-14-13(8-11)17-15(19-14)10-2-5-12(16)6-3-10/h2-8H,16H2,1H3. The number of hydrogen-bond donors (Lipinski definition) is 1. The summed E-state index contributed by atoms with van der Waals surface area (Å²) in [5.41, 5.74) is 9.02. The average Bonchev–Trinajstić information content (AvgIpc) is 2.82. The van der Waals surface area contributed by atoms with Crippen LogP contribution in [0, 0.1) is 0 Å². The monoisotopic (exact) mass is 268 g/mol. The second-order valence-corrected chi connectivity index (χ2v) is 5.41. The van der Waals surface area contributed by atoms with Gasteiger partial charge in [-0.15, -0.1) is 11.3 Å². The van der Waals surface area contributed by atoms with E-state index < -0.39 is 0 Å². The molecule has 4 heteroatoms. The molecule has 0 atom stereocenters. The molecule has 1 heterocycles. The van der Waals surface area contributed by atoms with E-state index in [1.807, 2.05) is 42.5 Å². The molecule has 0 radical (unpaired) electrons. The summed E-state index contributed by atoms with van der Waals surface area (Å²) in [6.07, 6.45) is 0. The van der Waals surface area contributed by atoms with Crippen molar-refractivity contribution in [3.05, 3.63) is 48.0 Å². The van der Waals surface area contributed by atoms with E-state index in [-0.39, 0.29) is 5.78 Å². The molecule has 0 aliphatic carbocycles. The van der Waals surface area contributed by atoms with E-state index in [4.69, 9.17) is 5.73 Å². The maximum Gasteiger partial charge on any atom is 0.159 e. The molecule has 3 rings (SSSR count). The molecule has 2 aromatic carbocycles. The van der Waals surface area contributed by atoms with Crippen molar-refractivity contribution >= 4 is 33.0 Å². The summed E-state index contributed by atoms with van der Waals surface area (Å²) in [5, 5.41) is 0.940. The van der Waals surface area contributed by atoms with Crippen molar-refractivity contribution in [3.63, 3.8) is 0 Å². The first kappa shape index (κ1) is 11.9. The summed E-state index contributed by atoms with van der Waals surface area (Å²) in [5.74, 6) is 0.0592. The summed E-state index contributed by atoms with van der Waals surface area (Å²) in [6, 6.07) is 13.3. The molecule has 3 aromatic rings. The Morgan fingerprint density at radius 2 is 1.89 bits per heavy atom. The van der Waals surface area contributed by atoms with Crippen molar-refractivity contribution < 1.29 is 4.79 Å². The average molecular weight is 268 g/mol. The van der Waals surface area contributed by atoms with Gasteiger partial charge >= 0.3 is 0 Å². The maximum atomic E-state index is 11.4. The minimum atomic E-state index is 0.0592. The van der Waals surface area contributed by atoms with Crippen molar-refractivity contribution in [1.82, 2.24) is 4.98 Å². The minimum Gasteiger partial charge on any atom is -0.399 e. The molecule has 0 bridgehead atoms. The van der Waals surface area contributed by atoms with Crippen LogP contribution in [0.4, 0.5) is 5.69 Å². The summed E-state index contributed by atoms with van der Waals surface area (Å²) in [6.45, 7) is 1.56. The number of carbonyl (C=O) groups excluding carboxylic acids is 1. The largest absolute Gasteiger partial charge is 0.399 e. The summed E-state index contributed by atoms with van der Waals surface area (Å²) in [7, 11) is 0. The lowest BCUT2D eigenvalue weighted by Gasteiger charge is -1.95. The topological polar surface area (TPSA) is 56.0 Å². The first-order valence-electron chi connectivity index (χ1n) is 5.91. The molecule has 0 spiro atoms. The lowest BCUT2D eigenvalue weighted by molar-refractivity contribution is 0.101. The molecule has 2 N–H and O–H groups in total. The number of nitrogen functional groups attached to an aromatic ring is 1. The molecule has 94 valence electrons. The fourth-order valence-corrected chi connectivity index (χ4v) is 2.85. The third-order valence-electron chi connectivity index (χ3n) is 2.95. The quantitative estimate of drug-likeness (QED) is 0.569. The van der Waals surface area contributed by atoms with Crippen LogP contribution in [0.1, 0.15) is 17.3 Å². The fraction of sp³-hybridized carbons (Fsp3) is 0.0667. The minimum absolute atomic E-state index is 0.0592. The normalized spacial score (nSPS) is 10.8. The Bertz CT molecular complexity index is 759. The smallest absolute Gasteiger partial charge is 0.159 e. The molecule has 0 unspecified atom stereocenters. The third kappa shape index (κ3) is 2.22. The number of Topliss-reactive ketones (excluding diaryl/α,β-unsaturated/α-hetero) is 1. The number of hydrogen-bond acceptors (Lipinski definition) is 4. The molecule has 0 amide bonds. The Morgan fingerprint density at radius 1 is 1.16 bits per heavy atom. The van der Waals surface area contributed by atoms with Crippen LogP contribution in [-0.4, -0.2) is 10.8 Å². The van der Waals surface area contributed by atoms with E-state index >= 15 is 0 Å². The van der Waals surface area contributed by atoms with Gasteiger partial charge in [0.1, 0.15) is 5.01 Å². The number of benzene rings is 2. The van der Waals surface area contributed by atoms with Crippen molar-refractivity contribution in [2.75, 3.05) is 5.73 Å². The zero-order valence-corrected chi connectivity index (χ0v) is 11.2. The predicted octanol–water partition coefficient (Wildman–Crippen LogP) is 3.75. The van der Waals surface area contributed by atoms with E-state index in [0.717, 1.165) is 26.5 Å². The molecule has 0 fully saturated rings. The Kier molecular flexibility index (Phi) is 2.80. The van der Waals surface area contributed by atoms with Gasteiger partial charge in [0, 0.05) is 16.8 Å². The van der Waals surface area contributed by atoms with E-state index in [9.17, 15) is 4.79 Å². The molecular formula is C15H12N2OS. The van der Waals surface area contributed by atoms with Gasteiger partial charge in [-0.3, -0.25) is 4.79 Å². The molecule has 0 aliphatic rings. The number of anilines is 1. The molecule has 0 aliphatic heterocycles. The van der Waals surface area contributed by atoms with Crippen LogP contribution in [0.5, 0.6) is 0 Å². The highest BCUT2D eigenvalue weighted by atomic mass is 32.1. The van der Waals surface area contributed by atoms with Crippen molar-refractivity contribution in [2.24, 2.45) is 0 Å². The van der Waals surface area contributed by atoms with Gasteiger partial charge in [0.05, 0.1) is 10.2 Å². The second-order valence-electron chi connectivity index (χ2n) is 4.38. The molecular weight excluding hydrogens is 256 g/mol. The van der Waals surface area contributed by atoms with Crippen molar-refractivity contribution in [1.29, 1.82) is 0 Å². The first-order chi connectivity index (χ1) is 9.13. The van der Waals surface area contributed by atoms with Crippen LogP contribution in [0.15, 0.2) is 42.5 Å². The number of fused-ring (bicyclic) bond motifs is 1. The van der Waals surface area contributed by atoms with Gasteiger partial charge in [-0.25, -0.2) is 4.98 Å². The number of nitrogens with two attached hydrogens (primary N) is 1. The van der Waals surface area contributed by atoms with Gasteiger partial charge in [0.2, 0.25) is 0 Å². The number of aromatic nitrogens is 1. The first-order valence-corrected chi connectivity index (χ1v) is 6.72. The SMILES string of the molecule is CC(=O)c1ccc2sc(-c3ccc(N)cc3)nc2c1. The highest BCUT2D eigenvalue weighted by Crippen LogP contribution is 2.31. The van der Waals surface area contributed by atoms with E-state index in [1.165, 1.54) is 0 Å². The van der Waals surface area contributed by atoms with E-state index in [2.05, 4.69) is 4.98 Å². The summed E-state index contributed by atoms with van der Waals surface area (Å²) >= 11 is 1.61. The van der Waals surface area contributed by atoms with Gasteiger partial charge in [-0.1, -0.05) is 0 Å². The number of nitrogens with zero attached hydrogens (tertiary/aromatic N) is 1. The highest BCUT2D eigenvalue weighted by Gasteiger charge is 2.08. The van der Waals surface area contributed by atoms with Crippen LogP contribution in [0.3, 0.4) is 0 Å². The molecule has 0 saturated heterocycles. The highest BCUT2D eigenvalue weighted by molar-refractivity contribution is 7.21. The lowest BCUT2D eigenvalue weighted by atomic mass is 10.1.